The van der Waals surface area contributed by atoms with Crippen molar-refractivity contribution < 1.29 is 4.42 Å². The highest BCUT2D eigenvalue weighted by atomic mass is 79.9. The topological polar surface area (TPSA) is 51.0 Å². The molecule has 0 unspecified atom stereocenters. The van der Waals surface area contributed by atoms with Crippen molar-refractivity contribution in [3.05, 3.63) is 58.0 Å². The molecule has 0 aromatic carbocycles. The monoisotopic (exact) mass is 349 g/mol. The lowest BCUT2D eigenvalue weighted by molar-refractivity contribution is 0.581. The SMILES string of the molecule is Brc1cncc(CNCc2csc(-c3ccco3)n2)c1. The fourth-order valence-electron chi connectivity index (χ4n) is 1.79. The van der Waals surface area contributed by atoms with Crippen LogP contribution in [0.4, 0.5) is 0 Å². The molecule has 3 aromatic heterocycles. The molecule has 3 heterocycles. The summed E-state index contributed by atoms with van der Waals surface area (Å²) in [6, 6.07) is 5.84. The lowest BCUT2D eigenvalue weighted by Gasteiger charge is -2.02. The molecular formula is C14H12BrN3OS. The Kier molecular flexibility index (Phi) is 4.25. The molecule has 0 saturated heterocycles. The van der Waals surface area contributed by atoms with E-state index in [0.29, 0.717) is 0 Å². The van der Waals surface area contributed by atoms with Crippen LogP contribution in [-0.2, 0) is 13.1 Å². The Hall–Kier alpha value is -1.50. The van der Waals surface area contributed by atoms with E-state index in [2.05, 4.69) is 37.3 Å². The summed E-state index contributed by atoms with van der Waals surface area (Å²) < 4.78 is 6.33. The van der Waals surface area contributed by atoms with Crippen molar-refractivity contribution in [3.8, 4) is 10.8 Å². The first kappa shape index (κ1) is 13.5. The van der Waals surface area contributed by atoms with Gasteiger partial charge in [-0.2, -0.15) is 0 Å². The number of furan rings is 1. The number of aromatic nitrogens is 2. The van der Waals surface area contributed by atoms with Crippen molar-refractivity contribution in [2.24, 2.45) is 0 Å². The molecule has 4 nitrogen and oxygen atoms in total. The van der Waals surface area contributed by atoms with Gasteiger partial charge in [-0.3, -0.25) is 4.98 Å². The third-order valence-electron chi connectivity index (χ3n) is 2.68. The summed E-state index contributed by atoms with van der Waals surface area (Å²) in [7, 11) is 0. The van der Waals surface area contributed by atoms with Gasteiger partial charge in [0.1, 0.15) is 0 Å². The summed E-state index contributed by atoms with van der Waals surface area (Å²) in [4.78, 5) is 8.67. The van der Waals surface area contributed by atoms with E-state index in [1.165, 1.54) is 0 Å². The predicted molar refractivity (Wildman–Crippen MR) is 82.3 cm³/mol. The van der Waals surface area contributed by atoms with Crippen molar-refractivity contribution in [1.82, 2.24) is 15.3 Å². The lowest BCUT2D eigenvalue weighted by Crippen LogP contribution is -2.13. The zero-order valence-electron chi connectivity index (χ0n) is 10.5. The maximum Gasteiger partial charge on any atom is 0.162 e. The average molecular weight is 350 g/mol. The highest BCUT2D eigenvalue weighted by Gasteiger charge is 2.06. The summed E-state index contributed by atoms with van der Waals surface area (Å²) in [6.07, 6.45) is 5.29. The summed E-state index contributed by atoms with van der Waals surface area (Å²) >= 11 is 5.00. The van der Waals surface area contributed by atoms with Gasteiger partial charge < -0.3 is 9.73 Å². The van der Waals surface area contributed by atoms with Gasteiger partial charge in [-0.05, 0) is 39.7 Å². The zero-order valence-corrected chi connectivity index (χ0v) is 12.9. The van der Waals surface area contributed by atoms with Crippen LogP contribution in [0, 0.1) is 0 Å². The zero-order chi connectivity index (χ0) is 13.8. The van der Waals surface area contributed by atoms with Crippen molar-refractivity contribution in [2.75, 3.05) is 0 Å². The minimum Gasteiger partial charge on any atom is -0.462 e. The van der Waals surface area contributed by atoms with Crippen molar-refractivity contribution >= 4 is 27.3 Å². The van der Waals surface area contributed by atoms with Crippen LogP contribution in [0.25, 0.3) is 10.8 Å². The van der Waals surface area contributed by atoms with Gasteiger partial charge in [0.2, 0.25) is 0 Å². The number of thiazole rings is 1. The van der Waals surface area contributed by atoms with E-state index in [-0.39, 0.29) is 0 Å². The Morgan fingerprint density at radius 3 is 3.05 bits per heavy atom. The minimum absolute atomic E-state index is 0.726. The molecule has 3 rings (SSSR count). The number of pyridine rings is 1. The van der Waals surface area contributed by atoms with Crippen LogP contribution in [0.2, 0.25) is 0 Å². The van der Waals surface area contributed by atoms with Crippen LogP contribution in [0.15, 0.2) is 51.1 Å². The Bertz CT molecular complexity index is 681. The van der Waals surface area contributed by atoms with Gasteiger partial charge >= 0.3 is 0 Å². The second-order valence-electron chi connectivity index (χ2n) is 4.24. The molecule has 1 N–H and O–H groups in total. The quantitative estimate of drug-likeness (QED) is 0.759. The van der Waals surface area contributed by atoms with Crippen molar-refractivity contribution in [3.63, 3.8) is 0 Å². The number of halogens is 1. The van der Waals surface area contributed by atoms with Crippen LogP contribution in [0.3, 0.4) is 0 Å². The molecule has 0 aliphatic heterocycles. The number of rotatable bonds is 5. The first-order chi connectivity index (χ1) is 9.81. The number of nitrogens with one attached hydrogen (secondary N) is 1. The van der Waals surface area contributed by atoms with Gasteiger partial charge in [0.15, 0.2) is 10.8 Å². The van der Waals surface area contributed by atoms with Crippen LogP contribution in [-0.4, -0.2) is 9.97 Å². The Labute approximate surface area is 129 Å². The fourth-order valence-corrected chi connectivity index (χ4v) is 2.99. The van der Waals surface area contributed by atoms with Crippen LogP contribution in [0.1, 0.15) is 11.3 Å². The van der Waals surface area contributed by atoms with E-state index < -0.39 is 0 Å². The number of hydrogen-bond acceptors (Lipinski definition) is 5. The van der Waals surface area contributed by atoms with E-state index in [1.54, 1.807) is 23.8 Å². The Morgan fingerprint density at radius 2 is 2.25 bits per heavy atom. The van der Waals surface area contributed by atoms with Crippen LogP contribution in [0.5, 0.6) is 0 Å². The number of hydrogen-bond donors (Lipinski definition) is 1. The summed E-state index contributed by atoms with van der Waals surface area (Å²) in [5.74, 6) is 0.817. The second-order valence-corrected chi connectivity index (χ2v) is 6.01. The average Bonchev–Trinajstić information content (AvgIpc) is 3.09. The van der Waals surface area contributed by atoms with Gasteiger partial charge in [0.25, 0.3) is 0 Å². The summed E-state index contributed by atoms with van der Waals surface area (Å²) in [5.41, 5.74) is 2.16. The molecule has 20 heavy (non-hydrogen) atoms. The molecular weight excluding hydrogens is 338 g/mol. The molecule has 0 aliphatic carbocycles. The molecule has 3 aromatic rings. The third kappa shape index (κ3) is 3.33. The smallest absolute Gasteiger partial charge is 0.162 e. The van der Waals surface area contributed by atoms with Gasteiger partial charge in [0, 0.05) is 35.3 Å². The van der Waals surface area contributed by atoms with Crippen LogP contribution >= 0.6 is 27.3 Å². The first-order valence-electron chi connectivity index (χ1n) is 6.10. The largest absolute Gasteiger partial charge is 0.462 e. The predicted octanol–water partition coefficient (Wildman–Crippen LogP) is 3.85. The fraction of sp³-hybridized carbons (Fsp3) is 0.143. The summed E-state index contributed by atoms with van der Waals surface area (Å²) in [5, 5.41) is 6.32. The lowest BCUT2D eigenvalue weighted by atomic mass is 10.3. The standard InChI is InChI=1S/C14H12BrN3OS/c15-11-4-10(5-16-7-11)6-17-8-12-9-20-14(18-12)13-2-1-3-19-13/h1-5,7,9,17H,6,8H2. The maximum absolute atomic E-state index is 5.33. The van der Waals surface area contributed by atoms with Gasteiger partial charge in [-0.25, -0.2) is 4.98 Å². The minimum atomic E-state index is 0.726. The summed E-state index contributed by atoms with van der Waals surface area (Å²) in [6.45, 7) is 1.49. The van der Waals surface area contributed by atoms with E-state index in [9.17, 15) is 0 Å². The third-order valence-corrected chi connectivity index (χ3v) is 4.02. The molecule has 0 fully saturated rings. The highest BCUT2D eigenvalue weighted by molar-refractivity contribution is 9.10. The second kappa shape index (κ2) is 6.30. The van der Waals surface area contributed by atoms with Crippen LogP contribution < -0.4 is 5.32 Å². The Balaban J connectivity index is 1.57. The van der Waals surface area contributed by atoms with Gasteiger partial charge in [0.05, 0.1) is 12.0 Å². The van der Waals surface area contributed by atoms with Gasteiger partial charge in [-0.15, -0.1) is 11.3 Å². The molecule has 0 spiro atoms. The Morgan fingerprint density at radius 1 is 1.30 bits per heavy atom. The highest BCUT2D eigenvalue weighted by Crippen LogP contribution is 2.23. The van der Waals surface area contributed by atoms with E-state index in [1.807, 2.05) is 23.7 Å². The molecule has 6 heteroatoms. The molecule has 0 aliphatic rings. The molecule has 0 atom stereocenters. The molecule has 0 bridgehead atoms. The molecule has 0 saturated carbocycles. The normalized spacial score (nSPS) is 10.8. The number of nitrogens with zero attached hydrogens (tertiary/aromatic N) is 2. The van der Waals surface area contributed by atoms with Crippen molar-refractivity contribution in [1.29, 1.82) is 0 Å². The maximum atomic E-state index is 5.33. The first-order valence-corrected chi connectivity index (χ1v) is 7.77. The van der Waals surface area contributed by atoms with E-state index in [0.717, 1.165) is 39.6 Å². The van der Waals surface area contributed by atoms with Crippen molar-refractivity contribution in [2.45, 2.75) is 13.1 Å². The van der Waals surface area contributed by atoms with Gasteiger partial charge in [-0.1, -0.05) is 0 Å². The van der Waals surface area contributed by atoms with E-state index >= 15 is 0 Å². The molecule has 0 amide bonds. The van der Waals surface area contributed by atoms with E-state index in [4.69, 9.17) is 4.42 Å². The molecule has 102 valence electrons. The molecule has 0 radical (unpaired) electrons.